The molecule has 0 aliphatic rings. The Morgan fingerprint density at radius 2 is 1.92 bits per heavy atom. The number of nitrogen functional groups attached to an aromatic ring is 1. The molecule has 1 heterocycles. The maximum atomic E-state index is 5.48. The summed E-state index contributed by atoms with van der Waals surface area (Å²) >= 11 is 3.03. The van der Waals surface area contributed by atoms with E-state index in [-0.39, 0.29) is 0 Å². The Kier molecular flexibility index (Phi) is 3.61. The predicted octanol–water partition coefficient (Wildman–Crippen LogP) is 1.29. The third kappa shape index (κ3) is 2.53. The number of anilines is 1. The Labute approximate surface area is 79.8 Å². The van der Waals surface area contributed by atoms with Crippen LogP contribution in [-0.4, -0.2) is 27.0 Å². The molecule has 1 rings (SSSR count). The number of hydrogen-bond acceptors (Lipinski definition) is 6. The fourth-order valence-corrected chi connectivity index (χ4v) is 1.63. The number of nitrogens with zero attached hydrogens (tertiary/aromatic N) is 3. The van der Waals surface area contributed by atoms with Crippen LogP contribution in [-0.2, 0) is 0 Å². The summed E-state index contributed by atoms with van der Waals surface area (Å²) in [6.45, 7) is 2.05. The molecule has 1 aromatic heterocycles. The lowest BCUT2D eigenvalue weighted by molar-refractivity contribution is 0.815. The molecule has 2 N–H and O–H groups in total. The third-order valence-electron chi connectivity index (χ3n) is 1.07. The van der Waals surface area contributed by atoms with Crippen molar-refractivity contribution in [2.24, 2.45) is 0 Å². The summed E-state index contributed by atoms with van der Waals surface area (Å²) in [6, 6.07) is 0. The molecule has 0 aromatic carbocycles. The summed E-state index contributed by atoms with van der Waals surface area (Å²) in [6.07, 6.45) is 1.91. The van der Waals surface area contributed by atoms with Crippen LogP contribution in [0.4, 0.5) is 5.95 Å². The van der Waals surface area contributed by atoms with Gasteiger partial charge in [0.2, 0.25) is 5.95 Å². The van der Waals surface area contributed by atoms with Gasteiger partial charge in [0, 0.05) is 0 Å². The molecule has 0 aliphatic carbocycles. The van der Waals surface area contributed by atoms with Gasteiger partial charge in [-0.25, -0.2) is 0 Å². The molecule has 0 amide bonds. The van der Waals surface area contributed by atoms with Crippen molar-refractivity contribution in [1.29, 1.82) is 0 Å². The van der Waals surface area contributed by atoms with Crippen LogP contribution in [0.3, 0.4) is 0 Å². The first-order valence-electron chi connectivity index (χ1n) is 3.44. The van der Waals surface area contributed by atoms with Crippen molar-refractivity contribution in [3.63, 3.8) is 0 Å². The SMILES string of the molecule is CCSc1nc(N)nc(SC)n1. The molecule has 0 unspecified atom stereocenters. The monoisotopic (exact) mass is 202 g/mol. The first-order valence-corrected chi connectivity index (χ1v) is 5.65. The summed E-state index contributed by atoms with van der Waals surface area (Å²) in [7, 11) is 0. The highest BCUT2D eigenvalue weighted by Crippen LogP contribution is 2.16. The predicted molar refractivity (Wildman–Crippen MR) is 52.4 cm³/mol. The van der Waals surface area contributed by atoms with E-state index in [1.54, 1.807) is 11.8 Å². The molecule has 0 saturated heterocycles. The standard InChI is InChI=1S/C6H10N4S2/c1-3-12-6-9-4(7)8-5(10-6)11-2/h3H2,1-2H3,(H2,7,8,9,10). The second-order valence-electron chi connectivity index (χ2n) is 1.90. The molecule has 66 valence electrons. The smallest absolute Gasteiger partial charge is 0.225 e. The quantitative estimate of drug-likeness (QED) is 0.745. The Morgan fingerprint density at radius 1 is 1.25 bits per heavy atom. The van der Waals surface area contributed by atoms with E-state index in [9.17, 15) is 0 Å². The minimum Gasteiger partial charge on any atom is -0.368 e. The average molecular weight is 202 g/mol. The minimum absolute atomic E-state index is 0.297. The number of nitrogens with two attached hydrogens (primary N) is 1. The van der Waals surface area contributed by atoms with E-state index < -0.39 is 0 Å². The summed E-state index contributed by atoms with van der Waals surface area (Å²) in [5.41, 5.74) is 5.48. The van der Waals surface area contributed by atoms with Gasteiger partial charge in [-0.15, -0.1) is 0 Å². The average Bonchev–Trinajstić information content (AvgIpc) is 2.04. The molecule has 1 aromatic rings. The highest BCUT2D eigenvalue weighted by Gasteiger charge is 2.01. The molecular weight excluding hydrogens is 192 g/mol. The van der Waals surface area contributed by atoms with Gasteiger partial charge in [0.1, 0.15) is 0 Å². The van der Waals surface area contributed by atoms with Gasteiger partial charge < -0.3 is 5.73 Å². The maximum absolute atomic E-state index is 5.48. The first kappa shape index (κ1) is 9.60. The molecule has 4 nitrogen and oxygen atoms in total. The zero-order valence-electron chi connectivity index (χ0n) is 6.94. The van der Waals surface area contributed by atoms with E-state index in [2.05, 4.69) is 15.0 Å². The van der Waals surface area contributed by atoms with Crippen LogP contribution in [0.1, 0.15) is 6.92 Å². The van der Waals surface area contributed by atoms with E-state index in [0.29, 0.717) is 16.3 Å². The molecule has 0 radical (unpaired) electrons. The van der Waals surface area contributed by atoms with E-state index in [1.165, 1.54) is 11.8 Å². The largest absolute Gasteiger partial charge is 0.368 e. The zero-order valence-corrected chi connectivity index (χ0v) is 8.58. The van der Waals surface area contributed by atoms with Crippen molar-refractivity contribution in [2.75, 3.05) is 17.7 Å². The van der Waals surface area contributed by atoms with Crippen LogP contribution < -0.4 is 5.73 Å². The lowest BCUT2D eigenvalue weighted by atomic mass is 11.0. The molecule has 6 heteroatoms. The minimum atomic E-state index is 0.297. The Balaban J connectivity index is 2.90. The van der Waals surface area contributed by atoms with Crippen LogP contribution in [0.25, 0.3) is 0 Å². The van der Waals surface area contributed by atoms with Gasteiger partial charge in [0.25, 0.3) is 0 Å². The van der Waals surface area contributed by atoms with Crippen LogP contribution in [0.15, 0.2) is 10.3 Å². The van der Waals surface area contributed by atoms with Crippen LogP contribution in [0.2, 0.25) is 0 Å². The molecule has 0 fully saturated rings. The number of rotatable bonds is 3. The summed E-state index contributed by atoms with van der Waals surface area (Å²) in [5.74, 6) is 1.24. The van der Waals surface area contributed by atoms with Gasteiger partial charge in [-0.3, -0.25) is 0 Å². The van der Waals surface area contributed by atoms with Crippen LogP contribution >= 0.6 is 23.5 Å². The van der Waals surface area contributed by atoms with Gasteiger partial charge >= 0.3 is 0 Å². The second kappa shape index (κ2) is 4.51. The second-order valence-corrected chi connectivity index (χ2v) is 3.90. The zero-order chi connectivity index (χ0) is 8.97. The highest BCUT2D eigenvalue weighted by atomic mass is 32.2. The van der Waals surface area contributed by atoms with E-state index >= 15 is 0 Å². The van der Waals surface area contributed by atoms with E-state index in [4.69, 9.17) is 5.73 Å². The number of thioether (sulfide) groups is 2. The van der Waals surface area contributed by atoms with Crippen LogP contribution in [0.5, 0.6) is 0 Å². The summed E-state index contributed by atoms with van der Waals surface area (Å²) < 4.78 is 0. The fraction of sp³-hybridized carbons (Fsp3) is 0.500. The maximum Gasteiger partial charge on any atom is 0.225 e. The molecule has 0 bridgehead atoms. The fourth-order valence-electron chi connectivity index (χ4n) is 0.638. The third-order valence-corrected chi connectivity index (χ3v) is 2.34. The van der Waals surface area contributed by atoms with Crippen molar-refractivity contribution in [3.8, 4) is 0 Å². The summed E-state index contributed by atoms with van der Waals surface area (Å²) in [5, 5.41) is 1.38. The number of hydrogen-bond donors (Lipinski definition) is 1. The van der Waals surface area contributed by atoms with Gasteiger partial charge in [-0.05, 0) is 12.0 Å². The highest BCUT2D eigenvalue weighted by molar-refractivity contribution is 7.99. The van der Waals surface area contributed by atoms with E-state index in [0.717, 1.165) is 5.75 Å². The Hall–Kier alpha value is -0.490. The summed E-state index contributed by atoms with van der Waals surface area (Å²) in [4.78, 5) is 12.1. The van der Waals surface area contributed by atoms with Crippen molar-refractivity contribution in [2.45, 2.75) is 17.2 Å². The first-order chi connectivity index (χ1) is 5.76. The molecule has 12 heavy (non-hydrogen) atoms. The van der Waals surface area contributed by atoms with Crippen molar-refractivity contribution in [1.82, 2.24) is 15.0 Å². The molecule has 0 saturated carbocycles. The van der Waals surface area contributed by atoms with Crippen molar-refractivity contribution < 1.29 is 0 Å². The molecule has 0 aliphatic heterocycles. The topological polar surface area (TPSA) is 64.7 Å². The number of aromatic nitrogens is 3. The van der Waals surface area contributed by atoms with Gasteiger partial charge in [-0.2, -0.15) is 15.0 Å². The van der Waals surface area contributed by atoms with Crippen molar-refractivity contribution >= 4 is 29.5 Å². The van der Waals surface area contributed by atoms with Gasteiger partial charge in [-0.1, -0.05) is 30.4 Å². The molecule has 0 spiro atoms. The van der Waals surface area contributed by atoms with Gasteiger partial charge in [0.15, 0.2) is 10.3 Å². The van der Waals surface area contributed by atoms with Crippen LogP contribution in [0, 0.1) is 0 Å². The lowest BCUT2D eigenvalue weighted by Crippen LogP contribution is -2.00. The molecular formula is C6H10N4S2. The van der Waals surface area contributed by atoms with Crippen molar-refractivity contribution in [3.05, 3.63) is 0 Å². The van der Waals surface area contributed by atoms with E-state index in [1.807, 2.05) is 13.2 Å². The lowest BCUT2D eigenvalue weighted by Gasteiger charge is -1.99. The van der Waals surface area contributed by atoms with Gasteiger partial charge in [0.05, 0.1) is 0 Å². The Morgan fingerprint density at radius 3 is 2.50 bits per heavy atom. The normalized spacial score (nSPS) is 10.2. The Bertz CT molecular complexity index is 266. The molecule has 0 atom stereocenters.